The van der Waals surface area contributed by atoms with Crippen molar-refractivity contribution in [2.24, 2.45) is 5.92 Å². The zero-order valence-corrected chi connectivity index (χ0v) is 13.1. The number of likely N-dealkylation sites (tertiary alicyclic amines) is 1. The van der Waals surface area contributed by atoms with E-state index in [2.05, 4.69) is 10.1 Å². The molecule has 0 atom stereocenters. The monoisotopic (exact) mass is 326 g/mol. The normalized spacial score (nSPS) is 15.5. The molecule has 1 fully saturated rings. The number of carbonyl (C=O) groups is 2. The van der Waals surface area contributed by atoms with E-state index in [9.17, 15) is 9.59 Å². The van der Waals surface area contributed by atoms with E-state index in [1.807, 2.05) is 0 Å². The van der Waals surface area contributed by atoms with Gasteiger partial charge in [0.1, 0.15) is 0 Å². The quantitative estimate of drug-likeness (QED) is 0.836. The predicted octanol–water partition coefficient (Wildman–Crippen LogP) is 2.36. The topological polar surface area (TPSA) is 78.9 Å². The number of anilines is 1. The zero-order valence-electron chi connectivity index (χ0n) is 12.3. The molecule has 0 unspecified atom stereocenters. The second-order valence-electron chi connectivity index (χ2n) is 5.23. The van der Waals surface area contributed by atoms with E-state index >= 15 is 0 Å². The number of aliphatic hydroxyl groups excluding tert-OH is 1. The average Bonchev–Trinajstić information content (AvgIpc) is 2.55. The number of urea groups is 1. The van der Waals surface area contributed by atoms with Gasteiger partial charge in [-0.15, -0.1) is 0 Å². The molecule has 0 bridgehead atoms. The van der Waals surface area contributed by atoms with Gasteiger partial charge < -0.3 is 20.1 Å². The smallest absolute Gasteiger partial charge is 0.339 e. The highest BCUT2D eigenvalue weighted by Gasteiger charge is 2.22. The fraction of sp³-hybridized carbons (Fsp3) is 0.467. The van der Waals surface area contributed by atoms with Crippen LogP contribution in [0.25, 0.3) is 0 Å². The molecule has 0 saturated carbocycles. The molecule has 2 amide bonds. The number of nitrogens with zero attached hydrogens (tertiary/aromatic N) is 1. The Hall–Kier alpha value is -1.79. The number of ether oxygens (including phenoxy) is 1. The van der Waals surface area contributed by atoms with E-state index < -0.39 is 5.97 Å². The third-order valence-corrected chi connectivity index (χ3v) is 4.11. The molecule has 2 N–H and O–H groups in total. The molecule has 1 aromatic carbocycles. The van der Waals surface area contributed by atoms with Crippen molar-refractivity contribution in [2.45, 2.75) is 12.8 Å². The van der Waals surface area contributed by atoms with E-state index in [-0.39, 0.29) is 29.1 Å². The first-order valence-electron chi connectivity index (χ1n) is 7.09. The molecule has 1 aliphatic heterocycles. The van der Waals surface area contributed by atoms with Gasteiger partial charge in [-0.1, -0.05) is 11.6 Å². The van der Waals surface area contributed by atoms with Gasteiger partial charge in [0.05, 0.1) is 17.7 Å². The fourth-order valence-electron chi connectivity index (χ4n) is 2.39. The molecule has 1 aromatic rings. The molecular weight excluding hydrogens is 308 g/mol. The average molecular weight is 327 g/mol. The van der Waals surface area contributed by atoms with E-state index in [0.717, 1.165) is 12.8 Å². The highest BCUT2D eigenvalue weighted by Crippen LogP contribution is 2.22. The van der Waals surface area contributed by atoms with E-state index in [1.165, 1.54) is 13.2 Å². The molecule has 120 valence electrons. The molecular formula is C15H19ClN2O4. The minimum atomic E-state index is -0.551. The number of nitrogens with one attached hydrogen (secondary N) is 1. The summed E-state index contributed by atoms with van der Waals surface area (Å²) in [6.07, 6.45) is 1.58. The van der Waals surface area contributed by atoms with Crippen LogP contribution in [0.1, 0.15) is 23.2 Å². The SMILES string of the molecule is COC(=O)c1cc(NC(=O)N2CCC(CO)CC2)ccc1Cl. The zero-order chi connectivity index (χ0) is 16.1. The van der Waals surface area contributed by atoms with Gasteiger partial charge in [0.15, 0.2) is 0 Å². The Balaban J connectivity index is 2.01. The summed E-state index contributed by atoms with van der Waals surface area (Å²) >= 11 is 5.94. The van der Waals surface area contributed by atoms with E-state index in [0.29, 0.717) is 18.8 Å². The van der Waals surface area contributed by atoms with Crippen LogP contribution in [-0.4, -0.2) is 48.8 Å². The first-order chi connectivity index (χ1) is 10.5. The summed E-state index contributed by atoms with van der Waals surface area (Å²) < 4.78 is 4.65. The van der Waals surface area contributed by atoms with Gasteiger partial charge in [-0.05, 0) is 37.0 Å². The maximum absolute atomic E-state index is 12.2. The van der Waals surface area contributed by atoms with E-state index in [1.54, 1.807) is 17.0 Å². The number of methoxy groups -OCH3 is 1. The summed E-state index contributed by atoms with van der Waals surface area (Å²) in [5.74, 6) is -0.282. The molecule has 6 nitrogen and oxygen atoms in total. The van der Waals surface area contributed by atoms with Crippen LogP contribution >= 0.6 is 11.6 Å². The number of benzene rings is 1. The Bertz CT molecular complexity index is 556. The number of carbonyl (C=O) groups excluding carboxylic acids is 2. The number of amides is 2. The lowest BCUT2D eigenvalue weighted by Crippen LogP contribution is -2.41. The Morgan fingerprint density at radius 2 is 2.09 bits per heavy atom. The van der Waals surface area contributed by atoms with Crippen LogP contribution in [0.3, 0.4) is 0 Å². The molecule has 2 rings (SSSR count). The molecule has 1 heterocycles. The van der Waals surface area contributed by atoms with Crippen LogP contribution < -0.4 is 5.32 Å². The number of hydrogen-bond acceptors (Lipinski definition) is 4. The summed E-state index contributed by atoms with van der Waals surface area (Å²) in [4.78, 5) is 25.5. The summed E-state index contributed by atoms with van der Waals surface area (Å²) in [5.41, 5.74) is 0.694. The first kappa shape index (κ1) is 16.6. The van der Waals surface area contributed by atoms with Gasteiger partial charge in [0.2, 0.25) is 0 Å². The van der Waals surface area contributed by atoms with Crippen LogP contribution in [0.5, 0.6) is 0 Å². The van der Waals surface area contributed by atoms with Crippen molar-refractivity contribution in [1.82, 2.24) is 4.90 Å². The standard InChI is InChI=1S/C15H19ClN2O4/c1-22-14(20)12-8-11(2-3-13(12)16)17-15(21)18-6-4-10(9-19)5-7-18/h2-3,8,10,19H,4-7,9H2,1H3,(H,17,21). The van der Waals surface area contributed by atoms with Gasteiger partial charge in [0.25, 0.3) is 0 Å². The number of halogens is 1. The van der Waals surface area contributed by atoms with Crippen molar-refractivity contribution in [2.75, 3.05) is 32.1 Å². The Morgan fingerprint density at radius 3 is 2.68 bits per heavy atom. The van der Waals surface area contributed by atoms with Crippen molar-refractivity contribution in [1.29, 1.82) is 0 Å². The number of esters is 1. The number of rotatable bonds is 3. The summed E-state index contributed by atoms with van der Waals surface area (Å²) in [6, 6.07) is 4.44. The molecule has 0 radical (unpaired) electrons. The highest BCUT2D eigenvalue weighted by atomic mass is 35.5. The highest BCUT2D eigenvalue weighted by molar-refractivity contribution is 6.33. The third kappa shape index (κ3) is 3.90. The van der Waals surface area contributed by atoms with Crippen molar-refractivity contribution in [3.05, 3.63) is 28.8 Å². The second kappa shape index (κ2) is 7.47. The Labute approximate surface area is 134 Å². The lowest BCUT2D eigenvalue weighted by atomic mass is 9.98. The molecule has 0 aliphatic carbocycles. The van der Waals surface area contributed by atoms with Crippen molar-refractivity contribution < 1.29 is 19.4 Å². The van der Waals surface area contributed by atoms with Gasteiger partial charge in [-0.3, -0.25) is 0 Å². The summed E-state index contributed by atoms with van der Waals surface area (Å²) in [6.45, 7) is 1.37. The molecule has 0 spiro atoms. The van der Waals surface area contributed by atoms with Gasteiger partial charge in [-0.2, -0.15) is 0 Å². The van der Waals surface area contributed by atoms with Gasteiger partial charge in [0, 0.05) is 25.4 Å². The van der Waals surface area contributed by atoms with Crippen molar-refractivity contribution >= 4 is 29.3 Å². The van der Waals surface area contributed by atoms with Gasteiger partial charge in [-0.25, -0.2) is 9.59 Å². The maximum Gasteiger partial charge on any atom is 0.339 e. The lowest BCUT2D eigenvalue weighted by Gasteiger charge is -2.31. The number of piperidine rings is 1. The van der Waals surface area contributed by atoms with Crippen molar-refractivity contribution in [3.63, 3.8) is 0 Å². The number of aliphatic hydroxyl groups is 1. The minimum absolute atomic E-state index is 0.162. The summed E-state index contributed by atoms with van der Waals surface area (Å²) in [7, 11) is 1.27. The second-order valence-corrected chi connectivity index (χ2v) is 5.64. The molecule has 7 heteroatoms. The minimum Gasteiger partial charge on any atom is -0.465 e. The van der Waals surface area contributed by atoms with Crippen molar-refractivity contribution in [3.8, 4) is 0 Å². The van der Waals surface area contributed by atoms with Crippen LogP contribution in [0, 0.1) is 5.92 Å². The van der Waals surface area contributed by atoms with Crippen LogP contribution in [0.15, 0.2) is 18.2 Å². The molecule has 1 saturated heterocycles. The van der Waals surface area contributed by atoms with Crippen LogP contribution in [0.4, 0.5) is 10.5 Å². The molecule has 0 aromatic heterocycles. The lowest BCUT2D eigenvalue weighted by molar-refractivity contribution is 0.0601. The predicted molar refractivity (Wildman–Crippen MR) is 83.2 cm³/mol. The van der Waals surface area contributed by atoms with Gasteiger partial charge >= 0.3 is 12.0 Å². The maximum atomic E-state index is 12.2. The van der Waals surface area contributed by atoms with Crippen LogP contribution in [-0.2, 0) is 4.74 Å². The Kier molecular flexibility index (Phi) is 5.63. The molecule has 22 heavy (non-hydrogen) atoms. The summed E-state index contributed by atoms with van der Waals surface area (Å²) in [5, 5.41) is 12.1. The third-order valence-electron chi connectivity index (χ3n) is 3.78. The number of hydrogen-bond donors (Lipinski definition) is 2. The largest absolute Gasteiger partial charge is 0.465 e. The molecule has 1 aliphatic rings. The first-order valence-corrected chi connectivity index (χ1v) is 7.47. The fourth-order valence-corrected chi connectivity index (χ4v) is 2.59. The van der Waals surface area contributed by atoms with E-state index in [4.69, 9.17) is 16.7 Å². The Morgan fingerprint density at radius 1 is 1.41 bits per heavy atom. The van der Waals surface area contributed by atoms with Crippen LogP contribution in [0.2, 0.25) is 5.02 Å².